The number of hydrogen-bond acceptors (Lipinski definition) is 2. The summed E-state index contributed by atoms with van der Waals surface area (Å²) in [5.74, 6) is 0. The van der Waals surface area contributed by atoms with E-state index in [1.165, 1.54) is 22.3 Å². The Kier molecular flexibility index (Phi) is 7.69. The number of nitrogens with zero attached hydrogens (tertiary/aromatic N) is 2. The van der Waals surface area contributed by atoms with E-state index in [2.05, 4.69) is 32.9 Å². The van der Waals surface area contributed by atoms with Gasteiger partial charge in [-0.3, -0.25) is 0 Å². The fourth-order valence-corrected chi connectivity index (χ4v) is 11.4. The first-order valence-electron chi connectivity index (χ1n) is 6.97. The molecule has 1 aromatic carbocycles. The van der Waals surface area contributed by atoms with Crippen LogP contribution in [0, 0.1) is 20.8 Å². The van der Waals surface area contributed by atoms with Crippen LogP contribution in [0.15, 0.2) is 12.1 Å². The fourth-order valence-electron chi connectivity index (χ4n) is 2.10. The molecule has 0 radical (unpaired) electrons. The average Bonchev–Trinajstić information content (AvgIpc) is 2.36. The number of aryl methyl sites for hydroxylation is 3. The van der Waals surface area contributed by atoms with Crippen LogP contribution in [0.5, 0.6) is 0 Å². The Morgan fingerprint density at radius 2 is 1.23 bits per heavy atom. The van der Waals surface area contributed by atoms with Gasteiger partial charge in [-0.05, 0) is 0 Å². The predicted molar refractivity (Wildman–Crippen MR) is 93.1 cm³/mol. The summed E-state index contributed by atoms with van der Waals surface area (Å²) >= 11 is -1.87. The van der Waals surface area contributed by atoms with Crippen LogP contribution < -0.4 is 0 Å². The quantitative estimate of drug-likeness (QED) is 0.548. The van der Waals surface area contributed by atoms with E-state index in [9.17, 15) is 9.59 Å². The molecule has 0 fully saturated rings. The molecule has 0 aliphatic rings. The normalized spacial score (nSPS) is 10.7. The van der Waals surface area contributed by atoms with E-state index in [0.29, 0.717) is 0 Å². The fraction of sp³-hybridized carbons (Fsp3) is 0.500. The van der Waals surface area contributed by atoms with E-state index in [1.807, 2.05) is 0 Å². The first-order valence-corrected chi connectivity index (χ1v) is 12.0. The number of rotatable bonds is 5. The second-order valence-electron chi connectivity index (χ2n) is 5.70. The molecule has 6 heteroatoms. The van der Waals surface area contributed by atoms with Gasteiger partial charge in [0, 0.05) is 0 Å². The summed E-state index contributed by atoms with van der Waals surface area (Å²) in [6.45, 7) is 6.28. The molecule has 0 aliphatic carbocycles. The third-order valence-electron chi connectivity index (χ3n) is 3.12. The van der Waals surface area contributed by atoms with Crippen molar-refractivity contribution in [1.29, 1.82) is 0 Å². The van der Waals surface area contributed by atoms with Gasteiger partial charge in [0.25, 0.3) is 0 Å². The Morgan fingerprint density at radius 3 is 1.55 bits per heavy atom. The van der Waals surface area contributed by atoms with Gasteiger partial charge >= 0.3 is 155 Å². The van der Waals surface area contributed by atoms with Crippen molar-refractivity contribution in [2.24, 2.45) is 0 Å². The number of carbonyl (C=O) groups excluding carboxylic acids is 2. The molecule has 1 aromatic rings. The van der Waals surface area contributed by atoms with Crippen LogP contribution in [0.25, 0.3) is 0 Å². The topological polar surface area (TPSA) is 40.6 Å². The van der Waals surface area contributed by atoms with Crippen LogP contribution in [0.1, 0.15) is 24.3 Å². The SMILES string of the molecule is Cc1cc(C)c(C([Te]C(=O)N(C)C)[Te]C(=O)N(C)C)c(C)c1. The number of amides is 2. The van der Waals surface area contributed by atoms with Crippen molar-refractivity contribution >= 4 is 49.8 Å². The number of carbonyl (C=O) groups is 2. The zero-order valence-corrected chi connectivity index (χ0v) is 18.9. The van der Waals surface area contributed by atoms with E-state index >= 15 is 0 Å². The molecule has 0 spiro atoms. The minimum absolute atomic E-state index is 0.182. The molecule has 0 aromatic heterocycles. The van der Waals surface area contributed by atoms with Crippen molar-refractivity contribution in [1.82, 2.24) is 9.80 Å². The van der Waals surface area contributed by atoms with Crippen molar-refractivity contribution in [2.75, 3.05) is 28.2 Å². The van der Waals surface area contributed by atoms with E-state index in [4.69, 9.17) is 0 Å². The molecule has 0 heterocycles. The second-order valence-corrected chi connectivity index (χ2v) is 14.6. The summed E-state index contributed by atoms with van der Waals surface area (Å²) in [6.07, 6.45) is 0. The average molecular weight is 532 g/mol. The van der Waals surface area contributed by atoms with E-state index in [1.54, 1.807) is 38.0 Å². The third-order valence-corrected chi connectivity index (χ3v) is 12.6. The van der Waals surface area contributed by atoms with Crippen molar-refractivity contribution in [3.63, 3.8) is 0 Å². The Hall–Kier alpha value is -0.261. The monoisotopic (exact) mass is 536 g/mol. The van der Waals surface area contributed by atoms with Crippen molar-refractivity contribution in [2.45, 2.75) is 22.8 Å². The standard InChI is InChI=1S/C16H24N2O2Te2/c1-10-8-11(2)13(12(3)9-10)14(21-15(19)17(4)5)22-16(20)18(6)7/h8-9,14H,1-7H3. The first-order chi connectivity index (χ1) is 10.1. The molecule has 22 heavy (non-hydrogen) atoms. The molecule has 122 valence electrons. The maximum atomic E-state index is 12.2. The van der Waals surface area contributed by atoms with Gasteiger partial charge in [-0.25, -0.2) is 0 Å². The Bertz CT molecular complexity index is 526. The van der Waals surface area contributed by atoms with Crippen LogP contribution in [0.4, 0.5) is 9.59 Å². The Labute approximate surface area is 153 Å². The van der Waals surface area contributed by atoms with Crippen LogP contribution in [0.2, 0.25) is 0 Å². The van der Waals surface area contributed by atoms with Crippen LogP contribution in [0.3, 0.4) is 0 Å². The van der Waals surface area contributed by atoms with Crippen molar-refractivity contribution in [3.05, 3.63) is 34.4 Å². The zero-order chi connectivity index (χ0) is 17.0. The van der Waals surface area contributed by atoms with Gasteiger partial charge in [0.1, 0.15) is 0 Å². The van der Waals surface area contributed by atoms with Gasteiger partial charge in [-0.15, -0.1) is 0 Å². The van der Waals surface area contributed by atoms with Crippen molar-refractivity contribution < 1.29 is 9.59 Å². The van der Waals surface area contributed by atoms with Gasteiger partial charge in [0.15, 0.2) is 0 Å². The molecule has 0 aliphatic heterocycles. The van der Waals surface area contributed by atoms with Gasteiger partial charge in [-0.2, -0.15) is 0 Å². The molecule has 0 N–H and O–H groups in total. The third kappa shape index (κ3) is 5.43. The van der Waals surface area contributed by atoms with Gasteiger partial charge in [0.05, 0.1) is 0 Å². The zero-order valence-electron chi connectivity index (χ0n) is 14.3. The molecule has 0 atom stereocenters. The molecular weight excluding hydrogens is 507 g/mol. The predicted octanol–water partition coefficient (Wildman–Crippen LogP) is 2.38. The minimum atomic E-state index is -0.936. The Balaban J connectivity index is 3.20. The molecule has 4 nitrogen and oxygen atoms in total. The summed E-state index contributed by atoms with van der Waals surface area (Å²) in [6, 6.07) is 4.32. The number of benzene rings is 1. The molecule has 0 saturated heterocycles. The van der Waals surface area contributed by atoms with Gasteiger partial charge < -0.3 is 0 Å². The summed E-state index contributed by atoms with van der Waals surface area (Å²) in [5, 5.41) is 0. The molecular formula is C16H24N2O2Te2. The molecule has 0 unspecified atom stereocenters. The summed E-state index contributed by atoms with van der Waals surface area (Å²) in [4.78, 5) is 27.8. The summed E-state index contributed by atoms with van der Waals surface area (Å²) < 4.78 is 0.610. The van der Waals surface area contributed by atoms with Crippen molar-refractivity contribution in [3.8, 4) is 0 Å². The van der Waals surface area contributed by atoms with Crippen LogP contribution in [-0.2, 0) is 0 Å². The second kappa shape index (κ2) is 8.55. The van der Waals surface area contributed by atoms with Crippen LogP contribution in [-0.4, -0.2) is 87.7 Å². The molecule has 1 rings (SSSR count). The summed E-state index contributed by atoms with van der Waals surface area (Å²) in [7, 11) is 7.20. The number of hydrogen-bond donors (Lipinski definition) is 0. The summed E-state index contributed by atoms with van der Waals surface area (Å²) in [5.41, 5.74) is 4.92. The Morgan fingerprint density at radius 1 is 0.864 bits per heavy atom. The van der Waals surface area contributed by atoms with Gasteiger partial charge in [-0.1, -0.05) is 0 Å². The van der Waals surface area contributed by atoms with E-state index < -0.39 is 41.8 Å². The van der Waals surface area contributed by atoms with Gasteiger partial charge in [0.2, 0.25) is 0 Å². The maximum absolute atomic E-state index is 12.2. The molecule has 2 amide bonds. The molecule has 0 bridgehead atoms. The van der Waals surface area contributed by atoms with Crippen LogP contribution >= 0.6 is 0 Å². The van der Waals surface area contributed by atoms with E-state index in [-0.39, 0.29) is 9.92 Å². The first kappa shape index (κ1) is 19.8. The molecule has 0 saturated carbocycles. The van der Waals surface area contributed by atoms with E-state index in [0.717, 1.165) is 0 Å².